The molecule has 162 valence electrons. The molecule has 6 nitrogen and oxygen atoms in total. The third kappa shape index (κ3) is 8.68. The number of nitrogens with one attached hydrogen (secondary N) is 2. The predicted molar refractivity (Wildman–Crippen MR) is 128 cm³/mol. The first kappa shape index (κ1) is 25.2. The van der Waals surface area contributed by atoms with E-state index in [1.165, 1.54) is 58.2 Å². The summed E-state index contributed by atoms with van der Waals surface area (Å²) >= 11 is 0. The van der Waals surface area contributed by atoms with E-state index in [9.17, 15) is 0 Å². The first-order valence-corrected chi connectivity index (χ1v) is 11.0. The number of nitrogens with zero attached hydrogens (tertiary/aromatic N) is 3. The molecule has 1 saturated heterocycles. The highest BCUT2D eigenvalue weighted by Gasteiger charge is 2.13. The van der Waals surface area contributed by atoms with E-state index < -0.39 is 0 Å². The molecular weight excluding hydrogens is 465 g/mol. The first-order valence-electron chi connectivity index (χ1n) is 11.0. The van der Waals surface area contributed by atoms with Crippen LogP contribution in [0.25, 0.3) is 0 Å². The van der Waals surface area contributed by atoms with Gasteiger partial charge in [-0.2, -0.15) is 0 Å². The van der Waals surface area contributed by atoms with Crippen molar-refractivity contribution >= 4 is 29.9 Å². The van der Waals surface area contributed by atoms with Crippen LogP contribution in [0.3, 0.4) is 0 Å². The van der Waals surface area contributed by atoms with Crippen LogP contribution in [0.5, 0.6) is 0 Å². The number of rotatable bonds is 11. The second-order valence-electron chi connectivity index (χ2n) is 7.32. The highest BCUT2D eigenvalue weighted by Crippen LogP contribution is 2.16. The molecule has 0 spiro atoms. The van der Waals surface area contributed by atoms with E-state index in [2.05, 4.69) is 41.5 Å². The summed E-state index contributed by atoms with van der Waals surface area (Å²) in [5.41, 5.74) is 2.18. The minimum Gasteiger partial charge on any atom is -0.361 e. The Kier molecular flexibility index (Phi) is 13.6. The van der Waals surface area contributed by atoms with Gasteiger partial charge in [0.05, 0.1) is 12.2 Å². The Bertz CT molecular complexity index is 533. The van der Waals surface area contributed by atoms with Crippen molar-refractivity contribution in [3.63, 3.8) is 0 Å². The molecule has 0 unspecified atom stereocenters. The Labute approximate surface area is 188 Å². The molecule has 1 aliphatic rings. The summed E-state index contributed by atoms with van der Waals surface area (Å²) in [6, 6.07) is 0. The zero-order valence-corrected chi connectivity index (χ0v) is 20.4. The van der Waals surface area contributed by atoms with Gasteiger partial charge in [0, 0.05) is 25.1 Å². The van der Waals surface area contributed by atoms with Crippen LogP contribution in [0.15, 0.2) is 9.52 Å². The van der Waals surface area contributed by atoms with Crippen molar-refractivity contribution in [2.24, 2.45) is 4.99 Å². The lowest BCUT2D eigenvalue weighted by Gasteiger charge is -2.26. The van der Waals surface area contributed by atoms with Gasteiger partial charge >= 0.3 is 0 Å². The summed E-state index contributed by atoms with van der Waals surface area (Å²) in [6.45, 7) is 12.6. The van der Waals surface area contributed by atoms with Crippen LogP contribution in [0.2, 0.25) is 0 Å². The number of likely N-dealkylation sites (tertiary alicyclic amines) is 1. The highest BCUT2D eigenvalue weighted by molar-refractivity contribution is 14.0. The maximum Gasteiger partial charge on any atom is 0.191 e. The van der Waals surface area contributed by atoms with Crippen molar-refractivity contribution in [1.82, 2.24) is 20.7 Å². The van der Waals surface area contributed by atoms with Gasteiger partial charge in [-0.15, -0.1) is 24.0 Å². The number of hydrogen-bond donors (Lipinski definition) is 2. The summed E-state index contributed by atoms with van der Waals surface area (Å²) in [7, 11) is 0. The molecule has 1 aromatic rings. The molecule has 0 aliphatic carbocycles. The molecule has 1 aliphatic heterocycles. The van der Waals surface area contributed by atoms with Crippen LogP contribution in [-0.2, 0) is 19.4 Å². The Hall–Kier alpha value is -0.830. The molecule has 2 rings (SSSR count). The third-order valence-corrected chi connectivity index (χ3v) is 5.24. The lowest BCUT2D eigenvalue weighted by atomic mass is 10.1. The molecule has 0 radical (unpaired) electrons. The van der Waals surface area contributed by atoms with Crippen molar-refractivity contribution in [1.29, 1.82) is 0 Å². The molecule has 0 amide bonds. The van der Waals surface area contributed by atoms with Gasteiger partial charge in [-0.3, -0.25) is 0 Å². The Balaban J connectivity index is 0.00000392. The molecule has 0 aromatic carbocycles. The second kappa shape index (κ2) is 15.1. The van der Waals surface area contributed by atoms with Crippen molar-refractivity contribution < 1.29 is 4.52 Å². The fourth-order valence-corrected chi connectivity index (χ4v) is 3.64. The van der Waals surface area contributed by atoms with Crippen LogP contribution < -0.4 is 10.6 Å². The molecule has 0 saturated carbocycles. The zero-order valence-electron chi connectivity index (χ0n) is 18.1. The van der Waals surface area contributed by atoms with Gasteiger partial charge in [-0.1, -0.05) is 31.8 Å². The Morgan fingerprint density at radius 1 is 1.04 bits per heavy atom. The van der Waals surface area contributed by atoms with Crippen molar-refractivity contribution in [2.45, 2.75) is 78.7 Å². The van der Waals surface area contributed by atoms with E-state index in [0.29, 0.717) is 6.54 Å². The minimum atomic E-state index is 0. The molecule has 2 N–H and O–H groups in total. The number of unbranched alkanes of at least 4 members (excludes halogenated alkanes) is 2. The average Bonchev–Trinajstić information content (AvgIpc) is 3.11. The van der Waals surface area contributed by atoms with E-state index in [4.69, 9.17) is 9.52 Å². The van der Waals surface area contributed by atoms with E-state index in [0.717, 1.165) is 48.9 Å². The summed E-state index contributed by atoms with van der Waals surface area (Å²) < 4.78 is 5.44. The van der Waals surface area contributed by atoms with E-state index in [-0.39, 0.29) is 24.0 Å². The standard InChI is InChI=1S/C21H39N5O.HI/c1-4-19-18(20(5-2)27-25-19)17-24-21(22-6-3)23-13-9-7-10-14-26-15-11-8-12-16-26;/h4-17H2,1-3H3,(H2,22,23,24);1H. The van der Waals surface area contributed by atoms with Crippen LogP contribution in [-0.4, -0.2) is 48.7 Å². The number of aliphatic imine (C=N–C) groups is 1. The van der Waals surface area contributed by atoms with E-state index in [1.807, 2.05) is 0 Å². The molecular formula is C21H40IN5O. The van der Waals surface area contributed by atoms with Gasteiger partial charge in [0.15, 0.2) is 5.96 Å². The summed E-state index contributed by atoms with van der Waals surface area (Å²) in [5.74, 6) is 1.85. The lowest BCUT2D eigenvalue weighted by Crippen LogP contribution is -2.37. The monoisotopic (exact) mass is 505 g/mol. The predicted octanol–water partition coefficient (Wildman–Crippen LogP) is 4.13. The van der Waals surface area contributed by atoms with Crippen LogP contribution >= 0.6 is 24.0 Å². The van der Waals surface area contributed by atoms with Crippen molar-refractivity contribution in [3.8, 4) is 0 Å². The molecule has 1 fully saturated rings. The maximum absolute atomic E-state index is 5.44. The number of hydrogen-bond acceptors (Lipinski definition) is 4. The van der Waals surface area contributed by atoms with Gasteiger partial charge in [-0.05, 0) is 58.7 Å². The largest absolute Gasteiger partial charge is 0.361 e. The Morgan fingerprint density at radius 2 is 1.82 bits per heavy atom. The first-order chi connectivity index (χ1) is 13.3. The fourth-order valence-electron chi connectivity index (χ4n) is 3.64. The maximum atomic E-state index is 5.44. The minimum absolute atomic E-state index is 0. The average molecular weight is 505 g/mol. The lowest BCUT2D eigenvalue weighted by molar-refractivity contribution is 0.224. The van der Waals surface area contributed by atoms with Crippen LogP contribution in [0.1, 0.15) is 76.3 Å². The third-order valence-electron chi connectivity index (χ3n) is 5.24. The molecule has 0 atom stereocenters. The molecule has 2 heterocycles. The summed E-state index contributed by atoms with van der Waals surface area (Å²) in [5, 5.41) is 11.0. The molecule has 0 bridgehead atoms. The number of piperidine rings is 1. The molecule has 1 aromatic heterocycles. The smallest absolute Gasteiger partial charge is 0.191 e. The number of halogens is 1. The van der Waals surface area contributed by atoms with E-state index >= 15 is 0 Å². The molecule has 7 heteroatoms. The van der Waals surface area contributed by atoms with Gasteiger partial charge < -0.3 is 20.1 Å². The number of aryl methyl sites for hydroxylation is 2. The van der Waals surface area contributed by atoms with Crippen LogP contribution in [0, 0.1) is 0 Å². The quantitative estimate of drug-likeness (QED) is 0.205. The van der Waals surface area contributed by atoms with E-state index in [1.54, 1.807) is 0 Å². The normalized spacial score (nSPS) is 15.3. The van der Waals surface area contributed by atoms with Gasteiger partial charge in [0.2, 0.25) is 0 Å². The van der Waals surface area contributed by atoms with Crippen LogP contribution in [0.4, 0.5) is 0 Å². The Morgan fingerprint density at radius 3 is 2.50 bits per heavy atom. The molecule has 28 heavy (non-hydrogen) atoms. The summed E-state index contributed by atoms with van der Waals surface area (Å²) in [6.07, 6.45) is 9.69. The van der Waals surface area contributed by atoms with Gasteiger partial charge in [-0.25, -0.2) is 4.99 Å². The van der Waals surface area contributed by atoms with Crippen molar-refractivity contribution in [2.75, 3.05) is 32.7 Å². The number of aromatic nitrogens is 1. The second-order valence-corrected chi connectivity index (χ2v) is 7.32. The summed E-state index contributed by atoms with van der Waals surface area (Å²) in [4.78, 5) is 7.37. The van der Waals surface area contributed by atoms with Gasteiger partial charge in [0.1, 0.15) is 5.76 Å². The van der Waals surface area contributed by atoms with Gasteiger partial charge in [0.25, 0.3) is 0 Å². The zero-order chi connectivity index (χ0) is 19.3. The topological polar surface area (TPSA) is 65.7 Å². The highest BCUT2D eigenvalue weighted by atomic mass is 127. The fraction of sp³-hybridized carbons (Fsp3) is 0.810. The van der Waals surface area contributed by atoms with Crippen molar-refractivity contribution in [3.05, 3.63) is 17.0 Å². The SMILES string of the molecule is CCNC(=NCc1c(CC)noc1CC)NCCCCCN1CCCCC1.I. The number of guanidine groups is 1.